The van der Waals surface area contributed by atoms with Crippen LogP contribution in [0.2, 0.25) is 0 Å². The van der Waals surface area contributed by atoms with E-state index in [0.717, 1.165) is 29.1 Å². The summed E-state index contributed by atoms with van der Waals surface area (Å²) in [5.74, 6) is 2.82. The number of rotatable bonds is 3. The van der Waals surface area contributed by atoms with E-state index in [0.29, 0.717) is 5.92 Å². The summed E-state index contributed by atoms with van der Waals surface area (Å²) in [5.41, 5.74) is 8.76. The Labute approximate surface area is 117 Å². The second kappa shape index (κ2) is 4.10. The molecule has 5 nitrogen and oxygen atoms in total. The first-order valence-corrected chi connectivity index (χ1v) is 6.94. The minimum atomic E-state index is 0.601. The van der Waals surface area contributed by atoms with Crippen molar-refractivity contribution < 1.29 is 0 Å². The lowest BCUT2D eigenvalue weighted by atomic mass is 10.3. The summed E-state index contributed by atoms with van der Waals surface area (Å²) in [4.78, 5) is 9.22. The molecule has 1 saturated carbocycles. The molecule has 2 heterocycles. The highest BCUT2D eigenvalue weighted by Gasteiger charge is 2.29. The molecule has 102 valence electrons. The average Bonchev–Trinajstić information content (AvgIpc) is 3.11. The third-order valence-electron chi connectivity index (χ3n) is 3.96. The fraction of sp³-hybridized carbons (Fsp3) is 0.333. The third-order valence-corrected chi connectivity index (χ3v) is 3.96. The Morgan fingerprint density at radius 2 is 2.20 bits per heavy atom. The van der Waals surface area contributed by atoms with Gasteiger partial charge < -0.3 is 14.9 Å². The molecule has 3 aromatic rings. The van der Waals surface area contributed by atoms with Crippen LogP contribution in [0, 0.1) is 0 Å². The molecular formula is C15H17N5. The van der Waals surface area contributed by atoms with E-state index in [2.05, 4.69) is 20.2 Å². The van der Waals surface area contributed by atoms with Crippen molar-refractivity contribution in [2.45, 2.75) is 25.3 Å². The van der Waals surface area contributed by atoms with Gasteiger partial charge in [-0.05, 0) is 31.0 Å². The number of nitrogens with two attached hydrogens (primary N) is 1. The van der Waals surface area contributed by atoms with Crippen LogP contribution >= 0.6 is 0 Å². The van der Waals surface area contributed by atoms with Crippen molar-refractivity contribution in [1.29, 1.82) is 0 Å². The predicted molar refractivity (Wildman–Crippen MR) is 78.4 cm³/mol. The van der Waals surface area contributed by atoms with Crippen LogP contribution in [0.25, 0.3) is 11.0 Å². The Kier molecular flexibility index (Phi) is 2.36. The summed E-state index contributed by atoms with van der Waals surface area (Å²) >= 11 is 0. The summed E-state index contributed by atoms with van der Waals surface area (Å²) in [7, 11) is 2.02. The van der Waals surface area contributed by atoms with Gasteiger partial charge in [0.25, 0.3) is 0 Å². The topological polar surface area (TPSA) is 61.7 Å². The number of anilines is 1. The molecule has 1 aliphatic carbocycles. The first-order valence-electron chi connectivity index (χ1n) is 6.94. The first-order chi connectivity index (χ1) is 9.72. The molecule has 0 spiro atoms. The van der Waals surface area contributed by atoms with Crippen LogP contribution in [-0.2, 0) is 13.6 Å². The van der Waals surface area contributed by atoms with E-state index in [9.17, 15) is 0 Å². The highest BCUT2D eigenvalue weighted by atomic mass is 15.1. The number of benzene rings is 1. The van der Waals surface area contributed by atoms with Gasteiger partial charge in [-0.15, -0.1) is 0 Å². The van der Waals surface area contributed by atoms with Crippen molar-refractivity contribution in [2.24, 2.45) is 7.05 Å². The maximum atomic E-state index is 5.87. The fourth-order valence-corrected chi connectivity index (χ4v) is 2.68. The average molecular weight is 267 g/mol. The van der Waals surface area contributed by atoms with Crippen molar-refractivity contribution in [3.05, 3.63) is 42.2 Å². The number of aromatic nitrogens is 4. The van der Waals surface area contributed by atoms with E-state index < -0.39 is 0 Å². The van der Waals surface area contributed by atoms with Crippen molar-refractivity contribution in [3.63, 3.8) is 0 Å². The Hall–Kier alpha value is -2.30. The van der Waals surface area contributed by atoms with Gasteiger partial charge in [0.1, 0.15) is 11.6 Å². The van der Waals surface area contributed by atoms with Gasteiger partial charge in [-0.25, -0.2) is 9.97 Å². The van der Waals surface area contributed by atoms with Gasteiger partial charge in [-0.1, -0.05) is 0 Å². The monoisotopic (exact) mass is 267 g/mol. The molecule has 0 radical (unpaired) electrons. The second-order valence-corrected chi connectivity index (χ2v) is 5.53. The van der Waals surface area contributed by atoms with Gasteiger partial charge in [0.2, 0.25) is 0 Å². The van der Waals surface area contributed by atoms with Gasteiger partial charge in [0.15, 0.2) is 0 Å². The van der Waals surface area contributed by atoms with Gasteiger partial charge in [0, 0.05) is 31.0 Å². The summed E-state index contributed by atoms with van der Waals surface area (Å²) < 4.78 is 4.34. The van der Waals surface area contributed by atoms with Gasteiger partial charge in [-0.3, -0.25) is 0 Å². The number of hydrogen-bond donors (Lipinski definition) is 1. The highest BCUT2D eigenvalue weighted by molar-refractivity contribution is 5.80. The van der Waals surface area contributed by atoms with Crippen molar-refractivity contribution in [1.82, 2.24) is 19.1 Å². The highest BCUT2D eigenvalue weighted by Crippen LogP contribution is 2.41. The van der Waals surface area contributed by atoms with Gasteiger partial charge in [-0.2, -0.15) is 0 Å². The van der Waals surface area contributed by atoms with Crippen LogP contribution in [-0.4, -0.2) is 19.1 Å². The molecule has 0 bridgehead atoms. The van der Waals surface area contributed by atoms with E-state index in [-0.39, 0.29) is 0 Å². The number of nitrogen functional groups attached to an aromatic ring is 1. The molecule has 0 atom stereocenters. The second-order valence-electron chi connectivity index (χ2n) is 5.53. The van der Waals surface area contributed by atoms with Gasteiger partial charge in [0.05, 0.1) is 17.6 Å². The van der Waals surface area contributed by atoms with Crippen LogP contribution in [0.3, 0.4) is 0 Å². The fourth-order valence-electron chi connectivity index (χ4n) is 2.68. The quantitative estimate of drug-likeness (QED) is 0.740. The van der Waals surface area contributed by atoms with E-state index in [1.165, 1.54) is 18.7 Å². The standard InChI is InChI=1S/C15H17N5/c1-19-7-6-17-14(19)9-20-13-5-4-11(16)8-12(13)18-15(20)10-2-3-10/h4-8,10H,2-3,9,16H2,1H3. The minimum Gasteiger partial charge on any atom is -0.399 e. The van der Waals surface area contributed by atoms with Crippen molar-refractivity contribution in [2.75, 3.05) is 5.73 Å². The maximum Gasteiger partial charge on any atom is 0.128 e. The molecule has 0 saturated heterocycles. The molecule has 0 unspecified atom stereocenters. The summed E-state index contributed by atoms with van der Waals surface area (Å²) in [6, 6.07) is 5.96. The maximum absolute atomic E-state index is 5.87. The zero-order chi connectivity index (χ0) is 13.7. The Morgan fingerprint density at radius 1 is 1.35 bits per heavy atom. The molecule has 0 amide bonds. The smallest absolute Gasteiger partial charge is 0.128 e. The number of fused-ring (bicyclic) bond motifs is 1. The zero-order valence-electron chi connectivity index (χ0n) is 11.5. The van der Waals surface area contributed by atoms with Crippen molar-refractivity contribution in [3.8, 4) is 0 Å². The SMILES string of the molecule is Cn1ccnc1Cn1c(C2CC2)nc2cc(N)ccc21. The lowest BCUT2D eigenvalue weighted by molar-refractivity contribution is 0.678. The molecule has 4 rings (SSSR count). The lowest BCUT2D eigenvalue weighted by Gasteiger charge is -2.08. The van der Waals surface area contributed by atoms with Gasteiger partial charge >= 0.3 is 0 Å². The Balaban J connectivity index is 1.87. The molecular weight excluding hydrogens is 250 g/mol. The number of hydrogen-bond acceptors (Lipinski definition) is 3. The number of imidazole rings is 2. The Morgan fingerprint density at radius 3 is 2.90 bits per heavy atom. The molecule has 1 fully saturated rings. The molecule has 5 heteroatoms. The zero-order valence-corrected chi connectivity index (χ0v) is 11.5. The molecule has 20 heavy (non-hydrogen) atoms. The lowest BCUT2D eigenvalue weighted by Crippen LogP contribution is -2.08. The van der Waals surface area contributed by atoms with E-state index in [4.69, 9.17) is 10.7 Å². The number of nitrogens with zero attached hydrogens (tertiary/aromatic N) is 4. The normalized spacial score (nSPS) is 15.1. The largest absolute Gasteiger partial charge is 0.399 e. The van der Waals surface area contributed by atoms with E-state index >= 15 is 0 Å². The number of aryl methyl sites for hydroxylation is 1. The summed E-state index contributed by atoms with van der Waals surface area (Å²) in [6.07, 6.45) is 6.28. The van der Waals surface area contributed by atoms with Crippen molar-refractivity contribution >= 4 is 16.7 Å². The van der Waals surface area contributed by atoms with Crippen LogP contribution in [0.5, 0.6) is 0 Å². The third kappa shape index (κ3) is 1.78. The van der Waals surface area contributed by atoms with Crippen LogP contribution < -0.4 is 5.73 Å². The van der Waals surface area contributed by atoms with E-state index in [1.807, 2.05) is 31.6 Å². The first kappa shape index (κ1) is 11.5. The minimum absolute atomic E-state index is 0.601. The summed E-state index contributed by atoms with van der Waals surface area (Å²) in [6.45, 7) is 0.760. The van der Waals surface area contributed by atoms with E-state index in [1.54, 1.807) is 0 Å². The summed E-state index contributed by atoms with van der Waals surface area (Å²) in [5, 5.41) is 0. The molecule has 1 aliphatic rings. The van der Waals surface area contributed by atoms with Crippen LogP contribution in [0.1, 0.15) is 30.4 Å². The predicted octanol–water partition coefficient (Wildman–Crippen LogP) is 2.28. The van der Waals surface area contributed by atoms with Crippen LogP contribution in [0.15, 0.2) is 30.6 Å². The molecule has 1 aromatic carbocycles. The molecule has 2 N–H and O–H groups in total. The molecule has 0 aliphatic heterocycles. The molecule has 2 aromatic heterocycles. The Bertz CT molecular complexity index is 779. The van der Waals surface area contributed by atoms with Crippen LogP contribution in [0.4, 0.5) is 5.69 Å².